The first kappa shape index (κ1) is 16.8. The summed E-state index contributed by atoms with van der Waals surface area (Å²) in [5.74, 6) is 1.78. The number of urea groups is 1. The fourth-order valence-corrected chi connectivity index (χ4v) is 3.49. The number of carbonyl (C=O) groups is 1. The fraction of sp³-hybridized carbons (Fsp3) is 0.562. The van der Waals surface area contributed by atoms with Crippen molar-refractivity contribution in [3.05, 3.63) is 30.0 Å². The Hall–Kier alpha value is -2.09. The standard InChI is InChI=1S/C16H23N5O2S/c1-2-14-18-16(24-19-14)21-9-4-8-20(10-11-21)15(22)17-7-6-13-5-3-12-23-13/h3,5,12H,2,4,6-11H2,1H3,(H,17,22). The number of nitrogens with zero attached hydrogens (tertiary/aromatic N) is 4. The van der Waals surface area contributed by atoms with Crippen LogP contribution in [0.4, 0.5) is 9.93 Å². The minimum atomic E-state index is -0.00471. The van der Waals surface area contributed by atoms with Gasteiger partial charge in [-0.3, -0.25) is 0 Å². The molecule has 1 saturated heterocycles. The van der Waals surface area contributed by atoms with Crippen molar-refractivity contribution in [2.24, 2.45) is 0 Å². The molecular weight excluding hydrogens is 326 g/mol. The molecule has 130 valence electrons. The highest BCUT2D eigenvalue weighted by molar-refractivity contribution is 7.09. The quantitative estimate of drug-likeness (QED) is 0.895. The van der Waals surface area contributed by atoms with Gasteiger partial charge < -0.3 is 19.5 Å². The van der Waals surface area contributed by atoms with Gasteiger partial charge in [0.1, 0.15) is 11.6 Å². The number of aromatic nitrogens is 2. The molecule has 1 aliphatic rings. The molecule has 7 nitrogen and oxygen atoms in total. The molecule has 3 rings (SSSR count). The monoisotopic (exact) mass is 349 g/mol. The van der Waals surface area contributed by atoms with Crippen LogP contribution in [0.5, 0.6) is 0 Å². The van der Waals surface area contributed by atoms with Crippen molar-refractivity contribution < 1.29 is 9.21 Å². The molecule has 8 heteroatoms. The summed E-state index contributed by atoms with van der Waals surface area (Å²) in [5, 5.41) is 3.93. The number of anilines is 1. The molecule has 3 heterocycles. The van der Waals surface area contributed by atoms with Crippen molar-refractivity contribution in [1.29, 1.82) is 0 Å². The molecule has 2 aromatic heterocycles. The van der Waals surface area contributed by atoms with Gasteiger partial charge in [-0.1, -0.05) is 6.92 Å². The van der Waals surface area contributed by atoms with Crippen LogP contribution >= 0.6 is 11.5 Å². The Kier molecular flexibility index (Phi) is 5.68. The summed E-state index contributed by atoms with van der Waals surface area (Å²) in [6, 6.07) is 3.77. The van der Waals surface area contributed by atoms with E-state index in [0.29, 0.717) is 19.5 Å². The Morgan fingerprint density at radius 2 is 2.29 bits per heavy atom. The molecule has 0 aliphatic carbocycles. The van der Waals surface area contributed by atoms with Gasteiger partial charge in [0.2, 0.25) is 5.13 Å². The maximum Gasteiger partial charge on any atom is 0.317 e. The average Bonchev–Trinajstić information content (AvgIpc) is 3.22. The van der Waals surface area contributed by atoms with Crippen molar-refractivity contribution >= 4 is 22.7 Å². The molecule has 0 saturated carbocycles. The van der Waals surface area contributed by atoms with Gasteiger partial charge in [0, 0.05) is 57.1 Å². The second kappa shape index (κ2) is 8.14. The van der Waals surface area contributed by atoms with Gasteiger partial charge in [-0.25, -0.2) is 9.78 Å². The van der Waals surface area contributed by atoms with E-state index in [9.17, 15) is 4.79 Å². The normalized spacial score (nSPS) is 15.4. The third-order valence-electron chi connectivity index (χ3n) is 4.05. The summed E-state index contributed by atoms with van der Waals surface area (Å²) in [4.78, 5) is 21.0. The van der Waals surface area contributed by atoms with Gasteiger partial charge in [0.05, 0.1) is 6.26 Å². The van der Waals surface area contributed by atoms with Crippen molar-refractivity contribution in [3.8, 4) is 0 Å². The van der Waals surface area contributed by atoms with Gasteiger partial charge in [0.15, 0.2) is 0 Å². The zero-order chi connectivity index (χ0) is 16.8. The van der Waals surface area contributed by atoms with E-state index in [4.69, 9.17) is 4.42 Å². The van der Waals surface area contributed by atoms with E-state index in [-0.39, 0.29) is 6.03 Å². The van der Waals surface area contributed by atoms with Crippen LogP contribution in [-0.4, -0.2) is 53.0 Å². The lowest BCUT2D eigenvalue weighted by Crippen LogP contribution is -2.42. The Morgan fingerprint density at radius 3 is 3.04 bits per heavy atom. The zero-order valence-corrected chi connectivity index (χ0v) is 14.7. The van der Waals surface area contributed by atoms with Crippen molar-refractivity contribution in [3.63, 3.8) is 0 Å². The largest absolute Gasteiger partial charge is 0.469 e. The molecule has 0 aromatic carbocycles. The molecule has 24 heavy (non-hydrogen) atoms. The number of carbonyl (C=O) groups excluding carboxylic acids is 1. The Labute approximate surface area is 145 Å². The van der Waals surface area contributed by atoms with Crippen LogP contribution in [0.25, 0.3) is 0 Å². The minimum Gasteiger partial charge on any atom is -0.469 e. The SMILES string of the molecule is CCc1nsc(N2CCCN(C(=O)NCCc3ccco3)CC2)n1. The average molecular weight is 349 g/mol. The van der Waals surface area contributed by atoms with Crippen LogP contribution < -0.4 is 10.2 Å². The second-order valence-electron chi connectivity index (χ2n) is 5.74. The smallest absolute Gasteiger partial charge is 0.317 e. The first-order valence-electron chi connectivity index (χ1n) is 8.39. The number of furan rings is 1. The molecule has 0 bridgehead atoms. The van der Waals surface area contributed by atoms with Gasteiger partial charge in [-0.2, -0.15) is 4.37 Å². The van der Waals surface area contributed by atoms with E-state index in [1.807, 2.05) is 17.0 Å². The molecule has 1 aliphatic heterocycles. The fourth-order valence-electron chi connectivity index (χ4n) is 2.69. The van der Waals surface area contributed by atoms with Crippen LogP contribution in [0.15, 0.2) is 22.8 Å². The van der Waals surface area contributed by atoms with E-state index in [1.165, 1.54) is 11.5 Å². The topological polar surface area (TPSA) is 74.5 Å². The highest BCUT2D eigenvalue weighted by atomic mass is 32.1. The summed E-state index contributed by atoms with van der Waals surface area (Å²) in [5.41, 5.74) is 0. The number of rotatable bonds is 5. The summed E-state index contributed by atoms with van der Waals surface area (Å²) in [6.45, 7) is 5.82. The summed E-state index contributed by atoms with van der Waals surface area (Å²) in [7, 11) is 0. The van der Waals surface area contributed by atoms with Crippen molar-refractivity contribution in [1.82, 2.24) is 19.6 Å². The molecule has 2 amide bonds. The zero-order valence-electron chi connectivity index (χ0n) is 13.9. The Balaban J connectivity index is 1.46. The van der Waals surface area contributed by atoms with E-state index >= 15 is 0 Å². The van der Waals surface area contributed by atoms with Crippen molar-refractivity contribution in [2.45, 2.75) is 26.2 Å². The molecule has 0 radical (unpaired) electrons. The molecule has 1 N–H and O–H groups in total. The number of hydrogen-bond acceptors (Lipinski definition) is 6. The lowest BCUT2D eigenvalue weighted by atomic mass is 10.3. The lowest BCUT2D eigenvalue weighted by Gasteiger charge is -2.21. The number of aryl methyl sites for hydroxylation is 1. The molecule has 0 spiro atoms. The minimum absolute atomic E-state index is 0.00471. The number of amides is 2. The van der Waals surface area contributed by atoms with Crippen LogP contribution in [0, 0.1) is 0 Å². The predicted octanol–water partition coefficient (Wildman–Crippen LogP) is 2.16. The lowest BCUT2D eigenvalue weighted by molar-refractivity contribution is 0.201. The number of hydrogen-bond donors (Lipinski definition) is 1. The van der Waals surface area contributed by atoms with Gasteiger partial charge >= 0.3 is 6.03 Å². The number of nitrogens with one attached hydrogen (secondary N) is 1. The van der Waals surface area contributed by atoms with E-state index in [0.717, 1.165) is 49.2 Å². The summed E-state index contributed by atoms with van der Waals surface area (Å²) >= 11 is 1.45. The van der Waals surface area contributed by atoms with Crippen molar-refractivity contribution in [2.75, 3.05) is 37.6 Å². The summed E-state index contributed by atoms with van der Waals surface area (Å²) in [6.07, 6.45) is 4.16. The molecule has 0 unspecified atom stereocenters. The summed E-state index contributed by atoms with van der Waals surface area (Å²) < 4.78 is 9.62. The van der Waals surface area contributed by atoms with Crippen LogP contribution in [0.3, 0.4) is 0 Å². The van der Waals surface area contributed by atoms with Gasteiger partial charge in [-0.05, 0) is 18.6 Å². The van der Waals surface area contributed by atoms with Crippen LogP contribution in [0.1, 0.15) is 24.9 Å². The molecular formula is C16H23N5O2S. The Morgan fingerprint density at radius 1 is 1.38 bits per heavy atom. The molecule has 2 aromatic rings. The van der Waals surface area contributed by atoms with E-state index in [1.54, 1.807) is 6.26 Å². The highest BCUT2D eigenvalue weighted by Gasteiger charge is 2.21. The maximum absolute atomic E-state index is 12.3. The van der Waals surface area contributed by atoms with Crippen LogP contribution in [-0.2, 0) is 12.8 Å². The van der Waals surface area contributed by atoms with E-state index < -0.39 is 0 Å². The predicted molar refractivity (Wildman–Crippen MR) is 93.5 cm³/mol. The molecule has 1 fully saturated rings. The first-order chi connectivity index (χ1) is 11.8. The second-order valence-corrected chi connectivity index (χ2v) is 6.47. The molecule has 0 atom stereocenters. The first-order valence-corrected chi connectivity index (χ1v) is 9.16. The third kappa shape index (κ3) is 4.25. The van der Waals surface area contributed by atoms with Gasteiger partial charge in [0.25, 0.3) is 0 Å². The van der Waals surface area contributed by atoms with Crippen LogP contribution in [0.2, 0.25) is 0 Å². The van der Waals surface area contributed by atoms with Gasteiger partial charge in [-0.15, -0.1) is 0 Å². The maximum atomic E-state index is 12.3. The van der Waals surface area contributed by atoms with E-state index in [2.05, 4.69) is 26.5 Å². The highest BCUT2D eigenvalue weighted by Crippen LogP contribution is 2.19. The third-order valence-corrected chi connectivity index (χ3v) is 4.87. The Bertz CT molecular complexity index is 643.